The fourth-order valence-corrected chi connectivity index (χ4v) is 0.878. The van der Waals surface area contributed by atoms with Crippen molar-refractivity contribution in [2.24, 2.45) is 0 Å². The molecule has 0 aromatic heterocycles. The number of hydrogen-bond acceptors (Lipinski definition) is 5. The molecule has 1 rings (SSSR count). The summed E-state index contributed by atoms with van der Waals surface area (Å²) < 4.78 is 4.90. The van der Waals surface area contributed by atoms with Crippen LogP contribution in [0.5, 0.6) is 5.75 Å². The van der Waals surface area contributed by atoms with Gasteiger partial charge in [0.15, 0.2) is 6.29 Å². The summed E-state index contributed by atoms with van der Waals surface area (Å²) in [5, 5.41) is 18.7. The number of nitro groups is 1. The SMILES string of the molecule is N#CC(C=O)Oc1ccc([N+](=O)[O-])cc1. The van der Waals surface area contributed by atoms with Crippen LogP contribution in [0.15, 0.2) is 24.3 Å². The summed E-state index contributed by atoms with van der Waals surface area (Å²) in [5.74, 6) is 0.235. The van der Waals surface area contributed by atoms with Crippen LogP contribution in [0.4, 0.5) is 5.69 Å². The molecule has 76 valence electrons. The highest BCUT2D eigenvalue weighted by molar-refractivity contribution is 5.61. The molecule has 1 aromatic carbocycles. The van der Waals surface area contributed by atoms with E-state index in [9.17, 15) is 14.9 Å². The highest BCUT2D eigenvalue weighted by atomic mass is 16.6. The summed E-state index contributed by atoms with van der Waals surface area (Å²) in [4.78, 5) is 20.0. The molecule has 1 unspecified atom stereocenters. The van der Waals surface area contributed by atoms with Crippen LogP contribution in [0.3, 0.4) is 0 Å². The van der Waals surface area contributed by atoms with Crippen LogP contribution in [0.25, 0.3) is 0 Å². The molecule has 1 atom stereocenters. The lowest BCUT2D eigenvalue weighted by Gasteiger charge is -2.05. The molecule has 0 aliphatic carbocycles. The Morgan fingerprint density at radius 1 is 1.47 bits per heavy atom. The Hall–Kier alpha value is -2.42. The number of benzene rings is 1. The minimum absolute atomic E-state index is 0.0815. The number of nitrogens with zero attached hydrogens (tertiary/aromatic N) is 2. The molecule has 0 aliphatic heterocycles. The number of nitro benzene ring substituents is 1. The maximum atomic E-state index is 10.3. The van der Waals surface area contributed by atoms with Gasteiger partial charge in [0.05, 0.1) is 4.92 Å². The van der Waals surface area contributed by atoms with Crippen LogP contribution in [0.2, 0.25) is 0 Å². The largest absolute Gasteiger partial charge is 0.468 e. The van der Waals surface area contributed by atoms with E-state index in [0.29, 0.717) is 6.29 Å². The maximum Gasteiger partial charge on any atom is 0.269 e. The second-order valence-corrected chi connectivity index (χ2v) is 2.55. The standard InChI is InChI=1S/C9H6N2O4/c10-5-9(6-12)15-8-3-1-7(2-4-8)11(13)14/h1-4,6,9H. The maximum absolute atomic E-state index is 10.3. The Labute approximate surface area is 84.8 Å². The molecule has 0 aliphatic rings. The van der Waals surface area contributed by atoms with Gasteiger partial charge in [0.1, 0.15) is 11.8 Å². The van der Waals surface area contributed by atoms with Gasteiger partial charge in [-0.25, -0.2) is 0 Å². The Morgan fingerprint density at radius 3 is 2.47 bits per heavy atom. The molecule has 6 nitrogen and oxygen atoms in total. The van der Waals surface area contributed by atoms with E-state index in [-0.39, 0.29) is 11.4 Å². The van der Waals surface area contributed by atoms with Gasteiger partial charge in [0.25, 0.3) is 5.69 Å². The number of hydrogen-bond donors (Lipinski definition) is 0. The molecule has 0 saturated carbocycles. The van der Waals surface area contributed by atoms with Crippen molar-refractivity contribution in [3.63, 3.8) is 0 Å². The number of carbonyl (C=O) groups excluding carboxylic acids is 1. The van der Waals surface area contributed by atoms with Crippen LogP contribution in [0, 0.1) is 21.4 Å². The highest BCUT2D eigenvalue weighted by Gasteiger charge is 2.08. The summed E-state index contributed by atoms with van der Waals surface area (Å²) in [6, 6.07) is 6.73. The quantitative estimate of drug-likeness (QED) is 0.417. The smallest absolute Gasteiger partial charge is 0.269 e. The van der Waals surface area contributed by atoms with Crippen LogP contribution in [0.1, 0.15) is 0 Å². The summed E-state index contributed by atoms with van der Waals surface area (Å²) in [5.41, 5.74) is -0.0815. The highest BCUT2D eigenvalue weighted by Crippen LogP contribution is 2.17. The third-order valence-corrected chi connectivity index (χ3v) is 1.56. The zero-order chi connectivity index (χ0) is 11.3. The summed E-state index contributed by atoms with van der Waals surface area (Å²) in [7, 11) is 0. The summed E-state index contributed by atoms with van der Waals surface area (Å²) in [6.07, 6.45) is -0.840. The molecular formula is C9H6N2O4. The number of carbonyl (C=O) groups is 1. The van der Waals surface area contributed by atoms with Crippen molar-refractivity contribution in [2.75, 3.05) is 0 Å². The molecule has 6 heteroatoms. The monoisotopic (exact) mass is 206 g/mol. The second-order valence-electron chi connectivity index (χ2n) is 2.55. The van der Waals surface area contributed by atoms with Crippen LogP contribution >= 0.6 is 0 Å². The first-order valence-electron chi connectivity index (χ1n) is 3.93. The van der Waals surface area contributed by atoms with Crippen LogP contribution < -0.4 is 4.74 Å². The van der Waals surface area contributed by atoms with E-state index in [1.165, 1.54) is 24.3 Å². The van der Waals surface area contributed by atoms with E-state index in [1.54, 1.807) is 6.07 Å². The van der Waals surface area contributed by atoms with Crippen LogP contribution in [-0.2, 0) is 4.79 Å². The average molecular weight is 206 g/mol. The molecule has 0 saturated heterocycles. The van der Waals surface area contributed by atoms with Gasteiger partial charge in [0, 0.05) is 12.1 Å². The Kier molecular flexibility index (Phi) is 3.35. The molecule has 0 spiro atoms. The molecule has 0 amide bonds. The van der Waals surface area contributed by atoms with Gasteiger partial charge in [-0.3, -0.25) is 14.9 Å². The van der Waals surface area contributed by atoms with Crippen LogP contribution in [-0.4, -0.2) is 17.3 Å². The van der Waals surface area contributed by atoms with Crippen molar-refractivity contribution in [3.05, 3.63) is 34.4 Å². The summed E-state index contributed by atoms with van der Waals surface area (Å²) in [6.45, 7) is 0. The average Bonchev–Trinajstić information content (AvgIpc) is 2.26. The van der Waals surface area contributed by atoms with Crippen molar-refractivity contribution < 1.29 is 14.5 Å². The minimum atomic E-state index is -1.19. The Morgan fingerprint density at radius 2 is 2.07 bits per heavy atom. The molecule has 0 N–H and O–H groups in total. The van der Waals surface area contributed by atoms with E-state index in [2.05, 4.69) is 0 Å². The lowest BCUT2D eigenvalue weighted by atomic mass is 10.3. The van der Waals surface area contributed by atoms with Crippen molar-refractivity contribution in [2.45, 2.75) is 6.10 Å². The normalized spacial score (nSPS) is 11.1. The number of rotatable bonds is 4. The van der Waals surface area contributed by atoms with Gasteiger partial charge >= 0.3 is 0 Å². The van der Waals surface area contributed by atoms with E-state index < -0.39 is 11.0 Å². The zero-order valence-electron chi connectivity index (χ0n) is 7.49. The van der Waals surface area contributed by atoms with Gasteiger partial charge < -0.3 is 4.74 Å². The first-order chi connectivity index (χ1) is 7.17. The topological polar surface area (TPSA) is 93.2 Å². The molecule has 0 radical (unpaired) electrons. The minimum Gasteiger partial charge on any atom is -0.468 e. The number of non-ortho nitro benzene ring substituents is 1. The second kappa shape index (κ2) is 4.72. The fraction of sp³-hybridized carbons (Fsp3) is 0.111. The van der Waals surface area contributed by atoms with Crippen molar-refractivity contribution in [1.29, 1.82) is 5.26 Å². The molecule has 15 heavy (non-hydrogen) atoms. The lowest BCUT2D eigenvalue weighted by molar-refractivity contribution is -0.384. The van der Waals surface area contributed by atoms with Gasteiger partial charge in [-0.1, -0.05) is 0 Å². The third-order valence-electron chi connectivity index (χ3n) is 1.56. The van der Waals surface area contributed by atoms with Crippen molar-refractivity contribution in [1.82, 2.24) is 0 Å². The third kappa shape index (κ3) is 2.77. The Balaban J connectivity index is 2.77. The first kappa shape index (κ1) is 10.7. The molecule has 0 fully saturated rings. The molecular weight excluding hydrogens is 200 g/mol. The molecule has 0 heterocycles. The van der Waals surface area contributed by atoms with E-state index in [1.807, 2.05) is 0 Å². The zero-order valence-corrected chi connectivity index (χ0v) is 7.49. The fourth-order valence-electron chi connectivity index (χ4n) is 0.878. The first-order valence-corrected chi connectivity index (χ1v) is 3.93. The Bertz CT molecular complexity index is 407. The number of ether oxygens (including phenoxy) is 1. The summed E-state index contributed by atoms with van der Waals surface area (Å²) >= 11 is 0. The molecule has 0 bridgehead atoms. The lowest BCUT2D eigenvalue weighted by Crippen LogP contribution is -2.14. The van der Waals surface area contributed by atoms with Gasteiger partial charge in [-0.2, -0.15) is 5.26 Å². The van der Waals surface area contributed by atoms with Gasteiger partial charge in [0.2, 0.25) is 6.10 Å². The van der Waals surface area contributed by atoms with Crippen molar-refractivity contribution >= 4 is 12.0 Å². The molecule has 1 aromatic rings. The van der Waals surface area contributed by atoms with E-state index >= 15 is 0 Å². The van der Waals surface area contributed by atoms with E-state index in [0.717, 1.165) is 0 Å². The van der Waals surface area contributed by atoms with Crippen molar-refractivity contribution in [3.8, 4) is 11.8 Å². The van der Waals surface area contributed by atoms with Gasteiger partial charge in [-0.05, 0) is 12.1 Å². The van der Waals surface area contributed by atoms with Gasteiger partial charge in [-0.15, -0.1) is 0 Å². The predicted molar refractivity (Wildman–Crippen MR) is 49.2 cm³/mol. The predicted octanol–water partition coefficient (Wildman–Crippen LogP) is 1.06. The number of aldehydes is 1. The van der Waals surface area contributed by atoms with E-state index in [4.69, 9.17) is 10.00 Å². The number of nitriles is 1.